The molecular formula is C12H17NO. The van der Waals surface area contributed by atoms with E-state index in [2.05, 4.69) is 5.32 Å². The molecule has 0 aromatic heterocycles. The van der Waals surface area contributed by atoms with E-state index < -0.39 is 0 Å². The lowest BCUT2D eigenvalue weighted by molar-refractivity contribution is 0.476. The topological polar surface area (TPSA) is 32.3 Å². The van der Waals surface area contributed by atoms with Crippen LogP contribution in [-0.4, -0.2) is 11.1 Å². The largest absolute Gasteiger partial charge is 0.506 e. The van der Waals surface area contributed by atoms with Crippen LogP contribution in [0.3, 0.4) is 0 Å². The van der Waals surface area contributed by atoms with E-state index in [1.807, 2.05) is 19.1 Å². The highest BCUT2D eigenvalue weighted by Gasteiger charge is 2.15. The van der Waals surface area contributed by atoms with Crippen LogP contribution in [0.25, 0.3) is 0 Å². The molecule has 1 saturated carbocycles. The molecule has 0 amide bonds. The van der Waals surface area contributed by atoms with Crippen molar-refractivity contribution in [2.75, 3.05) is 5.32 Å². The van der Waals surface area contributed by atoms with Gasteiger partial charge in [0.05, 0.1) is 5.69 Å². The van der Waals surface area contributed by atoms with Crippen LogP contribution in [0.15, 0.2) is 18.2 Å². The molecule has 0 unspecified atom stereocenters. The van der Waals surface area contributed by atoms with Crippen molar-refractivity contribution in [3.63, 3.8) is 0 Å². The van der Waals surface area contributed by atoms with Crippen molar-refractivity contribution < 1.29 is 5.11 Å². The van der Waals surface area contributed by atoms with Crippen molar-refractivity contribution in [1.29, 1.82) is 0 Å². The summed E-state index contributed by atoms with van der Waals surface area (Å²) in [6, 6.07) is 6.35. The molecule has 0 radical (unpaired) electrons. The number of benzene rings is 1. The molecule has 2 N–H and O–H groups in total. The van der Waals surface area contributed by atoms with Crippen LogP contribution < -0.4 is 5.32 Å². The predicted octanol–water partition coefficient (Wildman–Crippen LogP) is 3.06. The third-order valence-corrected chi connectivity index (χ3v) is 2.87. The number of aryl methyl sites for hydroxylation is 1. The fourth-order valence-corrected chi connectivity index (χ4v) is 2.05. The Morgan fingerprint density at radius 2 is 2.00 bits per heavy atom. The number of aromatic hydroxyl groups is 1. The van der Waals surface area contributed by atoms with Gasteiger partial charge in [-0.15, -0.1) is 0 Å². The van der Waals surface area contributed by atoms with Crippen LogP contribution in [0.2, 0.25) is 0 Å². The van der Waals surface area contributed by atoms with E-state index in [1.165, 1.54) is 25.7 Å². The van der Waals surface area contributed by atoms with E-state index in [0.717, 1.165) is 11.3 Å². The summed E-state index contributed by atoms with van der Waals surface area (Å²) in [5, 5.41) is 13.1. The first kappa shape index (κ1) is 9.38. The van der Waals surface area contributed by atoms with E-state index in [-0.39, 0.29) is 0 Å². The molecule has 0 saturated heterocycles. The van der Waals surface area contributed by atoms with E-state index in [0.29, 0.717) is 11.8 Å². The van der Waals surface area contributed by atoms with Crippen LogP contribution in [0.4, 0.5) is 5.69 Å². The van der Waals surface area contributed by atoms with Gasteiger partial charge in [-0.2, -0.15) is 0 Å². The number of anilines is 1. The third-order valence-electron chi connectivity index (χ3n) is 2.87. The molecule has 1 aromatic rings. The van der Waals surface area contributed by atoms with Gasteiger partial charge in [0.25, 0.3) is 0 Å². The first-order valence-corrected chi connectivity index (χ1v) is 5.32. The van der Waals surface area contributed by atoms with E-state index in [1.54, 1.807) is 6.07 Å². The van der Waals surface area contributed by atoms with Gasteiger partial charge in [-0.3, -0.25) is 0 Å². The zero-order chi connectivity index (χ0) is 9.97. The quantitative estimate of drug-likeness (QED) is 0.704. The second kappa shape index (κ2) is 3.91. The number of rotatable bonds is 2. The smallest absolute Gasteiger partial charge is 0.138 e. The van der Waals surface area contributed by atoms with E-state index in [9.17, 15) is 5.11 Å². The zero-order valence-electron chi connectivity index (χ0n) is 8.59. The van der Waals surface area contributed by atoms with Crippen molar-refractivity contribution in [1.82, 2.24) is 0 Å². The summed E-state index contributed by atoms with van der Waals surface area (Å²) in [5.41, 5.74) is 1.97. The van der Waals surface area contributed by atoms with Gasteiger partial charge in [0.2, 0.25) is 0 Å². The average molecular weight is 191 g/mol. The molecule has 2 rings (SSSR count). The monoisotopic (exact) mass is 191 g/mol. The Balaban J connectivity index is 2.08. The molecular weight excluding hydrogens is 174 g/mol. The lowest BCUT2D eigenvalue weighted by Crippen LogP contribution is -2.14. The highest BCUT2D eigenvalue weighted by Crippen LogP contribution is 2.28. The van der Waals surface area contributed by atoms with Crippen LogP contribution >= 0.6 is 0 Å². The van der Waals surface area contributed by atoms with Crippen LogP contribution in [0.1, 0.15) is 31.2 Å². The first-order valence-electron chi connectivity index (χ1n) is 5.32. The van der Waals surface area contributed by atoms with Crippen molar-refractivity contribution in [2.45, 2.75) is 38.6 Å². The molecule has 2 nitrogen and oxygen atoms in total. The Labute approximate surface area is 85.0 Å². The van der Waals surface area contributed by atoms with Gasteiger partial charge in [-0.05, 0) is 37.5 Å². The molecule has 0 spiro atoms. The highest BCUT2D eigenvalue weighted by atomic mass is 16.3. The van der Waals surface area contributed by atoms with Crippen molar-refractivity contribution in [3.05, 3.63) is 23.8 Å². The van der Waals surface area contributed by atoms with Gasteiger partial charge in [-0.1, -0.05) is 18.9 Å². The maximum atomic E-state index is 9.69. The maximum absolute atomic E-state index is 9.69. The van der Waals surface area contributed by atoms with Gasteiger partial charge in [0, 0.05) is 6.04 Å². The highest BCUT2D eigenvalue weighted by molar-refractivity contribution is 5.57. The van der Waals surface area contributed by atoms with Crippen molar-refractivity contribution in [3.8, 4) is 5.75 Å². The van der Waals surface area contributed by atoms with Gasteiger partial charge < -0.3 is 10.4 Å². The minimum absolute atomic E-state index is 0.372. The fourth-order valence-electron chi connectivity index (χ4n) is 2.05. The van der Waals surface area contributed by atoms with Crippen LogP contribution in [-0.2, 0) is 0 Å². The molecule has 1 fully saturated rings. The standard InChI is InChI=1S/C12H17NO/c1-9-6-7-11(12(14)8-9)13-10-4-2-3-5-10/h6-8,10,13-14H,2-5H2,1H3. The maximum Gasteiger partial charge on any atom is 0.138 e. The Morgan fingerprint density at radius 1 is 1.29 bits per heavy atom. The predicted molar refractivity (Wildman–Crippen MR) is 58.7 cm³/mol. The molecule has 1 aliphatic rings. The molecule has 0 bridgehead atoms. The van der Waals surface area contributed by atoms with Crippen LogP contribution in [0.5, 0.6) is 5.75 Å². The molecule has 1 aromatic carbocycles. The Morgan fingerprint density at radius 3 is 2.64 bits per heavy atom. The Bertz CT molecular complexity index is 316. The van der Waals surface area contributed by atoms with Gasteiger partial charge in [0.15, 0.2) is 0 Å². The number of phenolic OH excluding ortho intramolecular Hbond substituents is 1. The van der Waals surface area contributed by atoms with Crippen LogP contribution in [0, 0.1) is 6.92 Å². The third kappa shape index (κ3) is 2.00. The van der Waals surface area contributed by atoms with Gasteiger partial charge in [-0.25, -0.2) is 0 Å². The first-order chi connectivity index (χ1) is 6.75. The number of hydrogen-bond donors (Lipinski definition) is 2. The fraction of sp³-hybridized carbons (Fsp3) is 0.500. The molecule has 0 atom stereocenters. The normalized spacial score (nSPS) is 17.2. The van der Waals surface area contributed by atoms with Gasteiger partial charge >= 0.3 is 0 Å². The average Bonchev–Trinajstić information content (AvgIpc) is 2.62. The number of phenols is 1. The second-order valence-electron chi connectivity index (χ2n) is 4.15. The molecule has 2 heteroatoms. The molecule has 0 aliphatic heterocycles. The summed E-state index contributed by atoms with van der Waals surface area (Å²) in [7, 11) is 0. The minimum Gasteiger partial charge on any atom is -0.506 e. The Hall–Kier alpha value is -1.18. The number of nitrogens with one attached hydrogen (secondary N) is 1. The SMILES string of the molecule is Cc1ccc(NC2CCCC2)c(O)c1. The summed E-state index contributed by atoms with van der Waals surface area (Å²) >= 11 is 0. The molecule has 1 aliphatic carbocycles. The zero-order valence-corrected chi connectivity index (χ0v) is 8.59. The summed E-state index contributed by atoms with van der Waals surface area (Å²) in [5.74, 6) is 0.372. The summed E-state index contributed by atoms with van der Waals surface area (Å²) < 4.78 is 0. The van der Waals surface area contributed by atoms with E-state index >= 15 is 0 Å². The van der Waals surface area contributed by atoms with Crippen molar-refractivity contribution >= 4 is 5.69 Å². The molecule has 14 heavy (non-hydrogen) atoms. The summed E-state index contributed by atoms with van der Waals surface area (Å²) in [6.45, 7) is 1.99. The lowest BCUT2D eigenvalue weighted by Gasteiger charge is -2.14. The molecule has 0 heterocycles. The van der Waals surface area contributed by atoms with E-state index in [4.69, 9.17) is 0 Å². The summed E-state index contributed by atoms with van der Waals surface area (Å²) in [4.78, 5) is 0. The second-order valence-corrected chi connectivity index (χ2v) is 4.15. The van der Waals surface area contributed by atoms with Gasteiger partial charge in [0.1, 0.15) is 5.75 Å². The summed E-state index contributed by atoms with van der Waals surface area (Å²) in [6.07, 6.45) is 5.08. The lowest BCUT2D eigenvalue weighted by atomic mass is 10.2. The Kier molecular flexibility index (Phi) is 2.62. The van der Waals surface area contributed by atoms with Crippen molar-refractivity contribution in [2.24, 2.45) is 0 Å². The molecule has 76 valence electrons. The number of hydrogen-bond acceptors (Lipinski definition) is 2. The minimum atomic E-state index is 0.372.